The van der Waals surface area contributed by atoms with E-state index in [0.717, 1.165) is 24.6 Å². The molecule has 0 saturated heterocycles. The first-order chi connectivity index (χ1) is 6.95. The number of ether oxygens (including phenoxy) is 2. The Morgan fingerprint density at radius 3 is 1.86 bits per heavy atom. The van der Waals surface area contributed by atoms with E-state index in [0.29, 0.717) is 13.5 Å². The van der Waals surface area contributed by atoms with Gasteiger partial charge in [-0.15, -0.1) is 0 Å². The lowest BCUT2D eigenvalue weighted by Crippen LogP contribution is -2.29. The molecule has 1 aromatic carbocycles. The molecule has 0 aliphatic carbocycles. The lowest BCUT2D eigenvalue weighted by molar-refractivity contribution is 0.210. The molecule has 0 fully saturated rings. The summed E-state index contributed by atoms with van der Waals surface area (Å²) in [5, 5.41) is 6.31. The third-order valence-corrected chi connectivity index (χ3v) is 2.54. The first-order valence-electron chi connectivity index (χ1n) is 4.77. The lowest BCUT2D eigenvalue weighted by Gasteiger charge is -2.26. The molecule has 4 nitrogen and oxygen atoms in total. The van der Waals surface area contributed by atoms with Crippen LogP contribution in [-0.2, 0) is 13.1 Å². The largest absolute Gasteiger partial charge is 0.474 e. The number of benzene rings is 1. The minimum atomic E-state index is 0.570. The number of hydrogen-bond acceptors (Lipinski definition) is 4. The molecule has 0 unspecified atom stereocenters. The highest BCUT2D eigenvalue weighted by Crippen LogP contribution is 2.37. The maximum Gasteiger partial charge on any atom is 0.168 e. The van der Waals surface area contributed by atoms with Crippen LogP contribution in [0, 0.1) is 0 Å². The van der Waals surface area contributed by atoms with E-state index in [9.17, 15) is 0 Å². The van der Waals surface area contributed by atoms with E-state index in [4.69, 9.17) is 9.47 Å². The standard InChI is InChI=1S/C10H12N2O2/c1-2-8-4-12-6-14-10(8)9-7(1)3-11-5-13-9/h1-2,11-12H,3-6H2. The van der Waals surface area contributed by atoms with E-state index < -0.39 is 0 Å². The quantitative estimate of drug-likeness (QED) is 0.630. The van der Waals surface area contributed by atoms with E-state index in [2.05, 4.69) is 22.8 Å². The summed E-state index contributed by atoms with van der Waals surface area (Å²) in [5.41, 5.74) is 2.36. The Bertz CT molecular complexity index is 330. The second-order valence-electron chi connectivity index (χ2n) is 3.47. The SMILES string of the molecule is c1cc2c(c3c1CNCO3)OCNC2. The lowest BCUT2D eigenvalue weighted by atomic mass is 10.1. The van der Waals surface area contributed by atoms with Gasteiger partial charge in [-0.05, 0) is 0 Å². The Kier molecular flexibility index (Phi) is 1.82. The third kappa shape index (κ3) is 1.15. The van der Waals surface area contributed by atoms with Gasteiger partial charge in [0.05, 0.1) is 0 Å². The number of fused-ring (bicyclic) bond motifs is 3. The van der Waals surface area contributed by atoms with Gasteiger partial charge in [-0.2, -0.15) is 0 Å². The molecular formula is C10H12N2O2. The minimum Gasteiger partial charge on any atom is -0.474 e. The van der Waals surface area contributed by atoms with Crippen LogP contribution in [0.4, 0.5) is 0 Å². The fraction of sp³-hybridized carbons (Fsp3) is 0.400. The molecule has 14 heavy (non-hydrogen) atoms. The van der Waals surface area contributed by atoms with E-state index in [-0.39, 0.29) is 0 Å². The summed E-state index contributed by atoms with van der Waals surface area (Å²) in [7, 11) is 0. The Morgan fingerprint density at radius 1 is 0.857 bits per heavy atom. The summed E-state index contributed by atoms with van der Waals surface area (Å²) in [5.74, 6) is 1.84. The molecule has 0 atom stereocenters. The van der Waals surface area contributed by atoms with Crippen LogP contribution in [0.2, 0.25) is 0 Å². The zero-order chi connectivity index (χ0) is 9.38. The van der Waals surface area contributed by atoms with Crippen molar-refractivity contribution in [2.24, 2.45) is 0 Å². The van der Waals surface area contributed by atoms with Crippen LogP contribution in [-0.4, -0.2) is 13.5 Å². The predicted molar refractivity (Wildman–Crippen MR) is 51.1 cm³/mol. The normalized spacial score (nSPS) is 18.9. The van der Waals surface area contributed by atoms with E-state index in [1.807, 2.05) is 0 Å². The van der Waals surface area contributed by atoms with Crippen LogP contribution >= 0.6 is 0 Å². The summed E-state index contributed by atoms with van der Waals surface area (Å²) in [6.45, 7) is 2.86. The molecule has 74 valence electrons. The van der Waals surface area contributed by atoms with Gasteiger partial charge in [0.2, 0.25) is 0 Å². The molecule has 0 bridgehead atoms. The van der Waals surface area contributed by atoms with Gasteiger partial charge in [0, 0.05) is 24.2 Å². The Balaban J connectivity index is 2.12. The molecule has 4 heteroatoms. The van der Waals surface area contributed by atoms with Gasteiger partial charge < -0.3 is 9.47 Å². The van der Waals surface area contributed by atoms with E-state index in [1.54, 1.807) is 0 Å². The van der Waals surface area contributed by atoms with Crippen molar-refractivity contribution >= 4 is 0 Å². The average Bonchev–Trinajstić information content (AvgIpc) is 2.29. The predicted octanol–water partition coefficient (Wildman–Crippen LogP) is 0.566. The number of hydrogen-bond donors (Lipinski definition) is 2. The number of rotatable bonds is 0. The molecule has 0 saturated carbocycles. The molecule has 3 rings (SSSR count). The fourth-order valence-electron chi connectivity index (χ4n) is 1.86. The van der Waals surface area contributed by atoms with Gasteiger partial charge in [-0.1, -0.05) is 12.1 Å². The van der Waals surface area contributed by atoms with Crippen molar-refractivity contribution in [2.75, 3.05) is 13.5 Å². The zero-order valence-electron chi connectivity index (χ0n) is 7.80. The first kappa shape index (κ1) is 8.08. The average molecular weight is 192 g/mol. The molecular weight excluding hydrogens is 180 g/mol. The van der Waals surface area contributed by atoms with E-state index >= 15 is 0 Å². The van der Waals surface area contributed by atoms with Crippen LogP contribution in [0.25, 0.3) is 0 Å². The summed E-state index contributed by atoms with van der Waals surface area (Å²) in [6, 6.07) is 4.19. The van der Waals surface area contributed by atoms with Crippen LogP contribution in [0.15, 0.2) is 12.1 Å². The molecule has 2 aliphatic rings. The van der Waals surface area contributed by atoms with Gasteiger partial charge in [0.1, 0.15) is 13.5 Å². The topological polar surface area (TPSA) is 42.5 Å². The highest BCUT2D eigenvalue weighted by atomic mass is 16.5. The van der Waals surface area contributed by atoms with Crippen LogP contribution in [0.3, 0.4) is 0 Å². The smallest absolute Gasteiger partial charge is 0.168 e. The van der Waals surface area contributed by atoms with Crippen molar-refractivity contribution in [3.63, 3.8) is 0 Å². The molecule has 0 spiro atoms. The molecule has 0 aromatic heterocycles. The summed E-state index contributed by atoms with van der Waals surface area (Å²) in [4.78, 5) is 0. The third-order valence-electron chi connectivity index (χ3n) is 2.54. The van der Waals surface area contributed by atoms with Crippen LogP contribution < -0.4 is 20.1 Å². The highest BCUT2D eigenvalue weighted by molar-refractivity contribution is 5.53. The molecule has 1 aromatic rings. The van der Waals surface area contributed by atoms with Crippen LogP contribution in [0.5, 0.6) is 11.5 Å². The van der Waals surface area contributed by atoms with Gasteiger partial charge >= 0.3 is 0 Å². The van der Waals surface area contributed by atoms with Gasteiger partial charge in [0.25, 0.3) is 0 Å². The Morgan fingerprint density at radius 2 is 1.36 bits per heavy atom. The highest BCUT2D eigenvalue weighted by Gasteiger charge is 2.20. The Hall–Kier alpha value is -1.26. The van der Waals surface area contributed by atoms with Crippen molar-refractivity contribution in [3.8, 4) is 11.5 Å². The molecule has 2 N–H and O–H groups in total. The van der Waals surface area contributed by atoms with Gasteiger partial charge in [-0.25, -0.2) is 0 Å². The number of nitrogens with one attached hydrogen (secondary N) is 2. The van der Waals surface area contributed by atoms with Crippen molar-refractivity contribution < 1.29 is 9.47 Å². The van der Waals surface area contributed by atoms with Crippen molar-refractivity contribution in [3.05, 3.63) is 23.3 Å². The summed E-state index contributed by atoms with van der Waals surface area (Å²) >= 11 is 0. The fourth-order valence-corrected chi connectivity index (χ4v) is 1.86. The summed E-state index contributed by atoms with van der Waals surface area (Å²) in [6.07, 6.45) is 0. The zero-order valence-corrected chi connectivity index (χ0v) is 7.80. The maximum atomic E-state index is 5.56. The molecule has 0 radical (unpaired) electrons. The second-order valence-corrected chi connectivity index (χ2v) is 3.47. The second kappa shape index (κ2) is 3.15. The van der Waals surface area contributed by atoms with Crippen molar-refractivity contribution in [1.29, 1.82) is 0 Å². The molecule has 0 amide bonds. The van der Waals surface area contributed by atoms with Crippen LogP contribution in [0.1, 0.15) is 11.1 Å². The van der Waals surface area contributed by atoms with Gasteiger partial charge in [0.15, 0.2) is 11.5 Å². The van der Waals surface area contributed by atoms with Crippen molar-refractivity contribution in [1.82, 2.24) is 10.6 Å². The minimum absolute atomic E-state index is 0.570. The maximum absolute atomic E-state index is 5.56. The summed E-state index contributed by atoms with van der Waals surface area (Å²) < 4.78 is 11.1. The van der Waals surface area contributed by atoms with Gasteiger partial charge in [-0.3, -0.25) is 10.6 Å². The monoisotopic (exact) mass is 192 g/mol. The molecule has 2 aliphatic heterocycles. The first-order valence-corrected chi connectivity index (χ1v) is 4.77. The van der Waals surface area contributed by atoms with Crippen molar-refractivity contribution in [2.45, 2.75) is 13.1 Å². The van der Waals surface area contributed by atoms with E-state index in [1.165, 1.54) is 11.1 Å². The Labute approximate surface area is 82.2 Å². The molecule has 2 heterocycles.